The molecule has 1 aromatic rings. The molecule has 1 aliphatic heterocycles. The average molecular weight is 240 g/mol. The molecule has 0 amide bonds. The number of nitrogens with one attached hydrogen (secondary N) is 1. The van der Waals surface area contributed by atoms with Crippen molar-refractivity contribution in [3.8, 4) is 5.75 Å². The van der Waals surface area contributed by atoms with Gasteiger partial charge in [0.25, 0.3) is 0 Å². The molecule has 0 saturated heterocycles. The predicted octanol–water partition coefficient (Wildman–Crippen LogP) is 0.822. The van der Waals surface area contributed by atoms with Crippen LogP contribution in [-0.2, 0) is 11.2 Å². The zero-order valence-corrected chi connectivity index (χ0v) is 9.25. The van der Waals surface area contributed by atoms with E-state index in [-0.39, 0.29) is 12.2 Å². The fourth-order valence-electron chi connectivity index (χ4n) is 1.59. The molecular formula is C10H12N2O3S. The molecule has 0 bridgehead atoms. The highest BCUT2D eigenvalue weighted by molar-refractivity contribution is 7.99. The summed E-state index contributed by atoms with van der Waals surface area (Å²) in [5.41, 5.74) is 6.90. The van der Waals surface area contributed by atoms with Crippen molar-refractivity contribution in [3.63, 3.8) is 0 Å². The number of hydrogen-bond acceptors (Lipinski definition) is 5. The standard InChI is InChI=1S/C10H12N2O3S/c11-6(10(14)15)1-5-2-7(13)9-8(3-5)16-4-12-9/h2-3,6,12-13H,1,4,11H2,(H,14,15). The number of aromatic hydroxyl groups is 1. The third kappa shape index (κ3) is 2.07. The number of benzene rings is 1. The molecular weight excluding hydrogens is 228 g/mol. The van der Waals surface area contributed by atoms with Crippen LogP contribution in [0.1, 0.15) is 5.56 Å². The van der Waals surface area contributed by atoms with Gasteiger partial charge in [0.1, 0.15) is 11.8 Å². The molecule has 1 aromatic carbocycles. The van der Waals surface area contributed by atoms with Crippen LogP contribution in [0.4, 0.5) is 5.69 Å². The summed E-state index contributed by atoms with van der Waals surface area (Å²) in [4.78, 5) is 11.6. The monoisotopic (exact) mass is 240 g/mol. The van der Waals surface area contributed by atoms with Crippen LogP contribution in [0.5, 0.6) is 5.75 Å². The van der Waals surface area contributed by atoms with Crippen molar-refractivity contribution in [3.05, 3.63) is 17.7 Å². The van der Waals surface area contributed by atoms with Crippen molar-refractivity contribution < 1.29 is 15.0 Å². The van der Waals surface area contributed by atoms with E-state index in [2.05, 4.69) is 5.32 Å². The van der Waals surface area contributed by atoms with Crippen LogP contribution in [0.3, 0.4) is 0 Å². The second-order valence-corrected chi connectivity index (χ2v) is 4.62. The van der Waals surface area contributed by atoms with Gasteiger partial charge in [-0.1, -0.05) is 0 Å². The number of fused-ring (bicyclic) bond motifs is 1. The fraction of sp³-hybridized carbons (Fsp3) is 0.300. The molecule has 6 heteroatoms. The zero-order chi connectivity index (χ0) is 11.7. The summed E-state index contributed by atoms with van der Waals surface area (Å²) in [5.74, 6) is -0.169. The summed E-state index contributed by atoms with van der Waals surface area (Å²) in [6, 6.07) is 2.49. The summed E-state index contributed by atoms with van der Waals surface area (Å²) >= 11 is 1.57. The Hall–Kier alpha value is -1.40. The van der Waals surface area contributed by atoms with Crippen molar-refractivity contribution in [2.24, 2.45) is 5.73 Å². The molecule has 86 valence electrons. The first-order valence-corrected chi connectivity index (χ1v) is 5.77. The molecule has 0 saturated carbocycles. The Labute approximate surface area is 96.6 Å². The Kier molecular flexibility index (Phi) is 2.93. The minimum atomic E-state index is -1.04. The van der Waals surface area contributed by atoms with Gasteiger partial charge in [-0.05, 0) is 24.1 Å². The summed E-state index contributed by atoms with van der Waals surface area (Å²) in [6.45, 7) is 0. The molecule has 0 aliphatic carbocycles. The van der Waals surface area contributed by atoms with Crippen molar-refractivity contribution in [1.29, 1.82) is 0 Å². The van der Waals surface area contributed by atoms with Gasteiger partial charge in [-0.2, -0.15) is 0 Å². The second-order valence-electron chi connectivity index (χ2n) is 3.60. The van der Waals surface area contributed by atoms with Crippen LogP contribution < -0.4 is 11.1 Å². The first-order valence-electron chi connectivity index (χ1n) is 4.79. The van der Waals surface area contributed by atoms with E-state index >= 15 is 0 Å². The number of aliphatic carboxylic acids is 1. The van der Waals surface area contributed by atoms with Crippen molar-refractivity contribution in [2.75, 3.05) is 11.2 Å². The van der Waals surface area contributed by atoms with Gasteiger partial charge in [0.15, 0.2) is 0 Å². The lowest BCUT2D eigenvalue weighted by Gasteiger charge is -2.09. The predicted molar refractivity (Wildman–Crippen MR) is 61.8 cm³/mol. The molecule has 1 unspecified atom stereocenters. The summed E-state index contributed by atoms with van der Waals surface area (Å²) in [6.07, 6.45) is 0.219. The van der Waals surface area contributed by atoms with Gasteiger partial charge in [0, 0.05) is 4.90 Å². The van der Waals surface area contributed by atoms with Crippen LogP contribution >= 0.6 is 11.8 Å². The third-order valence-corrected chi connectivity index (χ3v) is 3.31. The number of phenols is 1. The number of carboxylic acid groups (broad SMARTS) is 1. The Morgan fingerprint density at radius 1 is 1.62 bits per heavy atom. The lowest BCUT2D eigenvalue weighted by atomic mass is 10.1. The molecule has 1 heterocycles. The minimum absolute atomic E-state index is 0.148. The quantitative estimate of drug-likeness (QED) is 0.584. The number of hydrogen-bond donors (Lipinski definition) is 4. The molecule has 1 atom stereocenters. The second kappa shape index (κ2) is 4.23. The van der Waals surface area contributed by atoms with E-state index in [0.29, 0.717) is 0 Å². The molecule has 0 fully saturated rings. The van der Waals surface area contributed by atoms with Crippen LogP contribution in [0.15, 0.2) is 17.0 Å². The summed E-state index contributed by atoms with van der Waals surface area (Å²) in [5, 5.41) is 21.4. The third-order valence-electron chi connectivity index (χ3n) is 2.39. The van der Waals surface area contributed by atoms with Gasteiger partial charge in [0.2, 0.25) is 0 Å². The van der Waals surface area contributed by atoms with E-state index in [1.807, 2.05) is 6.07 Å². The average Bonchev–Trinajstić information content (AvgIpc) is 2.65. The molecule has 5 nitrogen and oxygen atoms in total. The summed E-state index contributed by atoms with van der Waals surface area (Å²) < 4.78 is 0. The Bertz CT molecular complexity index is 436. The van der Waals surface area contributed by atoms with Crippen molar-refractivity contribution in [2.45, 2.75) is 17.4 Å². The fourth-order valence-corrected chi connectivity index (χ4v) is 2.52. The summed E-state index contributed by atoms with van der Waals surface area (Å²) in [7, 11) is 0. The Balaban J connectivity index is 2.23. The zero-order valence-electron chi connectivity index (χ0n) is 8.43. The number of rotatable bonds is 3. The lowest BCUT2D eigenvalue weighted by Crippen LogP contribution is -2.32. The highest BCUT2D eigenvalue weighted by atomic mass is 32.2. The molecule has 2 rings (SSSR count). The number of phenolic OH excluding ortho intramolecular Hbond substituents is 1. The number of anilines is 1. The first-order chi connectivity index (χ1) is 7.58. The van der Waals surface area contributed by atoms with Crippen molar-refractivity contribution in [1.82, 2.24) is 0 Å². The van der Waals surface area contributed by atoms with Gasteiger partial charge < -0.3 is 21.3 Å². The van der Waals surface area contributed by atoms with Gasteiger partial charge >= 0.3 is 5.97 Å². The van der Waals surface area contributed by atoms with E-state index in [4.69, 9.17) is 10.8 Å². The molecule has 0 spiro atoms. The molecule has 5 N–H and O–H groups in total. The van der Waals surface area contributed by atoms with Gasteiger partial charge in [-0.25, -0.2) is 0 Å². The topological polar surface area (TPSA) is 95.6 Å². The molecule has 16 heavy (non-hydrogen) atoms. The van der Waals surface area contributed by atoms with Crippen LogP contribution in [0, 0.1) is 0 Å². The highest BCUT2D eigenvalue weighted by Crippen LogP contribution is 2.40. The number of nitrogens with two attached hydrogens (primary N) is 1. The number of thioether (sulfide) groups is 1. The smallest absolute Gasteiger partial charge is 0.320 e. The van der Waals surface area contributed by atoms with E-state index in [9.17, 15) is 9.90 Å². The molecule has 0 radical (unpaired) electrons. The maximum atomic E-state index is 10.6. The SMILES string of the molecule is NC(Cc1cc(O)c2c(c1)SCN2)C(=O)O. The molecule has 0 aromatic heterocycles. The van der Waals surface area contributed by atoms with E-state index in [1.54, 1.807) is 17.8 Å². The van der Waals surface area contributed by atoms with E-state index in [1.165, 1.54) is 0 Å². The van der Waals surface area contributed by atoms with E-state index in [0.717, 1.165) is 22.0 Å². The highest BCUT2D eigenvalue weighted by Gasteiger charge is 2.18. The van der Waals surface area contributed by atoms with Crippen LogP contribution in [-0.4, -0.2) is 28.1 Å². The maximum Gasteiger partial charge on any atom is 0.320 e. The molecule has 1 aliphatic rings. The maximum absolute atomic E-state index is 10.6. The Morgan fingerprint density at radius 3 is 3.06 bits per heavy atom. The van der Waals surface area contributed by atoms with Gasteiger partial charge in [-0.15, -0.1) is 11.8 Å². The number of carbonyl (C=O) groups is 1. The largest absolute Gasteiger partial charge is 0.506 e. The van der Waals surface area contributed by atoms with Crippen LogP contribution in [0.2, 0.25) is 0 Å². The lowest BCUT2D eigenvalue weighted by molar-refractivity contribution is -0.138. The first kappa shape index (κ1) is 11.1. The van der Waals surface area contributed by atoms with E-state index < -0.39 is 12.0 Å². The van der Waals surface area contributed by atoms with Gasteiger partial charge in [0.05, 0.1) is 11.6 Å². The minimum Gasteiger partial charge on any atom is -0.506 e. The number of carboxylic acids is 1. The Morgan fingerprint density at radius 2 is 2.38 bits per heavy atom. The normalized spacial score (nSPS) is 15.3. The van der Waals surface area contributed by atoms with Crippen LogP contribution in [0.25, 0.3) is 0 Å². The van der Waals surface area contributed by atoms with Crippen molar-refractivity contribution >= 4 is 23.4 Å². The van der Waals surface area contributed by atoms with Gasteiger partial charge in [-0.3, -0.25) is 4.79 Å².